The summed E-state index contributed by atoms with van der Waals surface area (Å²) in [5, 5.41) is 6.06. The lowest BCUT2D eigenvalue weighted by atomic mass is 10.2. The van der Waals surface area contributed by atoms with Crippen molar-refractivity contribution in [3.8, 4) is 0 Å². The monoisotopic (exact) mass is 479 g/mol. The van der Waals surface area contributed by atoms with E-state index in [0.29, 0.717) is 0 Å². The van der Waals surface area contributed by atoms with Gasteiger partial charge in [-0.05, 0) is 39.0 Å². The minimum Gasteiger partial charge on any atom is -0.347 e. The Morgan fingerprint density at radius 1 is 0.486 bits per heavy atom. The van der Waals surface area contributed by atoms with Crippen LogP contribution in [-0.4, -0.2) is 13.7 Å². The van der Waals surface area contributed by atoms with Crippen molar-refractivity contribution in [2.45, 2.75) is 20.8 Å². The Labute approximate surface area is 205 Å². The molecule has 0 aliphatic carbocycles. The lowest BCUT2D eigenvalue weighted by Gasteiger charge is -2.22. The highest BCUT2D eigenvalue weighted by molar-refractivity contribution is 7.86. The fraction of sp³-hybridized carbons (Fsp3) is 0.200. The van der Waals surface area contributed by atoms with Gasteiger partial charge in [0.1, 0.15) is 0 Å². The molecule has 0 atom stereocenters. The first-order valence-corrected chi connectivity index (χ1v) is 13.7. The minimum absolute atomic E-state index is 0.953. The number of aromatic nitrogens is 3. The van der Waals surface area contributed by atoms with Gasteiger partial charge >= 0.3 is 0 Å². The molecule has 0 N–H and O–H groups in total. The summed E-state index contributed by atoms with van der Waals surface area (Å²) in [7, 11) is 2.92. The van der Waals surface area contributed by atoms with Crippen molar-refractivity contribution in [2.75, 3.05) is 0 Å². The van der Waals surface area contributed by atoms with Crippen LogP contribution in [0.2, 0.25) is 0 Å². The molecule has 5 heteroatoms. The summed E-state index contributed by atoms with van der Waals surface area (Å²) in [6.45, 7) is 6.34. The average molecular weight is 480 g/mol. The molecule has 3 heterocycles. The minimum atomic E-state index is -3.33. The first-order valence-electron chi connectivity index (χ1n) is 12.0. The molecular weight excluding hydrogens is 449 g/mol. The maximum Gasteiger partial charge on any atom is 0.178 e. The van der Waals surface area contributed by atoms with Crippen LogP contribution in [-0.2, 0) is 25.7 Å². The van der Waals surface area contributed by atoms with E-state index in [1.807, 2.05) is 0 Å². The number of fused-ring (bicyclic) bond motifs is 3. The summed E-state index contributed by atoms with van der Waals surface area (Å²) < 4.78 is 22.9. The Morgan fingerprint density at radius 2 is 0.743 bits per heavy atom. The van der Waals surface area contributed by atoms with Gasteiger partial charge < -0.3 is 18.3 Å². The summed E-state index contributed by atoms with van der Waals surface area (Å²) in [6.07, 6.45) is 0. The first-order chi connectivity index (χ1) is 16.8. The van der Waals surface area contributed by atoms with Crippen molar-refractivity contribution in [3.05, 3.63) is 89.9 Å². The molecule has 0 fully saturated rings. The van der Waals surface area contributed by atoms with Crippen molar-refractivity contribution in [2.24, 2.45) is 21.1 Å². The summed E-state index contributed by atoms with van der Waals surface area (Å²) in [5.74, 6) is 0. The second kappa shape index (κ2) is 7.50. The van der Waals surface area contributed by atoms with Crippen LogP contribution in [0.5, 0.6) is 0 Å². The Hall–Kier alpha value is -3.49. The van der Waals surface area contributed by atoms with Crippen LogP contribution in [0.1, 0.15) is 17.1 Å². The highest BCUT2D eigenvalue weighted by atomic mass is 31.2. The standard InChI is InChI=1S/C30H30N3OP/c1-19-28(22-13-7-10-16-25(22)31(19)4)35(34,29-20(2)32(5)26-17-11-8-14-23(26)29)30-21(3)33(6)27-18-12-9-15-24(27)30/h7-18H,1-6H3. The Balaban J connectivity index is 1.91. The third-order valence-corrected chi connectivity index (χ3v) is 11.6. The zero-order chi connectivity index (χ0) is 24.6. The molecule has 176 valence electrons. The number of rotatable bonds is 3. The summed E-state index contributed by atoms with van der Waals surface area (Å²) in [4.78, 5) is 0. The van der Waals surface area contributed by atoms with Crippen LogP contribution < -0.4 is 15.9 Å². The molecule has 4 nitrogen and oxygen atoms in total. The Morgan fingerprint density at radius 3 is 1.03 bits per heavy atom. The van der Waals surface area contributed by atoms with Gasteiger partial charge in [0.25, 0.3) is 0 Å². The third kappa shape index (κ3) is 2.72. The average Bonchev–Trinajstić information content (AvgIpc) is 3.40. The molecule has 0 unspecified atom stereocenters. The number of para-hydroxylation sites is 3. The van der Waals surface area contributed by atoms with Crippen molar-refractivity contribution in [1.29, 1.82) is 0 Å². The predicted molar refractivity (Wildman–Crippen MR) is 149 cm³/mol. The molecule has 6 aromatic rings. The quantitative estimate of drug-likeness (QED) is 0.299. The van der Waals surface area contributed by atoms with E-state index in [1.54, 1.807) is 0 Å². The molecule has 0 saturated carbocycles. The van der Waals surface area contributed by atoms with Crippen LogP contribution in [0.25, 0.3) is 32.7 Å². The molecule has 0 bridgehead atoms. The highest BCUT2D eigenvalue weighted by Gasteiger charge is 2.42. The van der Waals surface area contributed by atoms with Crippen LogP contribution in [0.15, 0.2) is 72.8 Å². The van der Waals surface area contributed by atoms with Gasteiger partial charge in [-0.15, -0.1) is 0 Å². The van der Waals surface area contributed by atoms with Gasteiger partial charge in [-0.2, -0.15) is 0 Å². The molecule has 0 aliphatic heterocycles. The molecule has 3 aromatic heterocycles. The number of hydrogen-bond donors (Lipinski definition) is 0. The van der Waals surface area contributed by atoms with Gasteiger partial charge in [-0.3, -0.25) is 0 Å². The van der Waals surface area contributed by atoms with Gasteiger partial charge in [-0.25, -0.2) is 0 Å². The molecule has 0 aliphatic rings. The summed E-state index contributed by atoms with van der Waals surface area (Å²) in [5.41, 5.74) is 6.47. The largest absolute Gasteiger partial charge is 0.347 e. The van der Waals surface area contributed by atoms with E-state index >= 15 is 4.57 Å². The second-order valence-corrected chi connectivity index (χ2v) is 12.2. The van der Waals surface area contributed by atoms with Crippen LogP contribution in [0.4, 0.5) is 0 Å². The van der Waals surface area contributed by atoms with E-state index in [2.05, 4.69) is 128 Å². The van der Waals surface area contributed by atoms with E-state index in [4.69, 9.17) is 0 Å². The van der Waals surface area contributed by atoms with E-state index < -0.39 is 7.14 Å². The molecule has 0 spiro atoms. The van der Waals surface area contributed by atoms with Gasteiger partial charge in [0.2, 0.25) is 0 Å². The molecular formula is C30H30N3OP. The number of benzene rings is 3. The zero-order valence-corrected chi connectivity index (χ0v) is 22.0. The van der Waals surface area contributed by atoms with Gasteiger partial charge in [0.05, 0.1) is 0 Å². The third-order valence-electron chi connectivity index (χ3n) is 8.04. The van der Waals surface area contributed by atoms with Crippen LogP contribution in [0.3, 0.4) is 0 Å². The SMILES string of the molecule is Cc1c(P(=O)(c2c(C)n(C)c3ccccc23)c2c(C)n(C)c3ccccc23)c2ccccc2n1C. The molecule has 35 heavy (non-hydrogen) atoms. The van der Waals surface area contributed by atoms with Crippen LogP contribution in [0, 0.1) is 20.8 Å². The summed E-state index contributed by atoms with van der Waals surface area (Å²) in [6, 6.07) is 25.1. The first kappa shape index (κ1) is 22.0. The number of hydrogen-bond acceptors (Lipinski definition) is 1. The molecule has 0 amide bonds. The van der Waals surface area contributed by atoms with Gasteiger partial charge in [0.15, 0.2) is 7.14 Å². The lowest BCUT2D eigenvalue weighted by molar-refractivity contribution is 0.592. The fourth-order valence-electron chi connectivity index (χ4n) is 6.03. The van der Waals surface area contributed by atoms with Gasteiger partial charge in [-0.1, -0.05) is 54.6 Å². The van der Waals surface area contributed by atoms with Crippen LogP contribution >= 0.6 is 7.14 Å². The highest BCUT2D eigenvalue weighted by Crippen LogP contribution is 2.51. The molecule has 0 radical (unpaired) electrons. The fourth-order valence-corrected chi connectivity index (χ4v) is 10.1. The number of nitrogens with zero attached hydrogens (tertiary/aromatic N) is 3. The molecule has 0 saturated heterocycles. The smallest absolute Gasteiger partial charge is 0.178 e. The van der Waals surface area contributed by atoms with Crippen molar-refractivity contribution >= 4 is 55.8 Å². The summed E-state index contributed by atoms with van der Waals surface area (Å²) >= 11 is 0. The van der Waals surface area contributed by atoms with Crippen molar-refractivity contribution in [1.82, 2.24) is 13.7 Å². The normalized spacial score (nSPS) is 12.4. The van der Waals surface area contributed by atoms with E-state index in [-0.39, 0.29) is 0 Å². The molecule has 6 rings (SSSR count). The van der Waals surface area contributed by atoms with Gasteiger partial charge in [0, 0.05) is 86.8 Å². The maximum absolute atomic E-state index is 16.3. The Kier molecular flexibility index (Phi) is 4.72. The lowest BCUT2D eigenvalue weighted by Crippen LogP contribution is -2.29. The van der Waals surface area contributed by atoms with E-state index in [0.717, 1.165) is 65.7 Å². The van der Waals surface area contributed by atoms with E-state index in [1.165, 1.54) is 0 Å². The topological polar surface area (TPSA) is 31.9 Å². The predicted octanol–water partition coefficient (Wildman–Crippen LogP) is 5.73. The van der Waals surface area contributed by atoms with E-state index in [9.17, 15) is 0 Å². The van der Waals surface area contributed by atoms with Crippen molar-refractivity contribution < 1.29 is 4.57 Å². The van der Waals surface area contributed by atoms with Crippen molar-refractivity contribution in [3.63, 3.8) is 0 Å². The molecule has 3 aromatic carbocycles. The Bertz CT molecular complexity index is 1630. The zero-order valence-electron chi connectivity index (χ0n) is 21.1. The number of aryl methyl sites for hydroxylation is 3. The second-order valence-electron chi connectivity index (χ2n) is 9.64. The maximum atomic E-state index is 16.3.